The molecule has 0 spiro atoms. The van der Waals surface area contributed by atoms with E-state index >= 15 is 0 Å². The lowest BCUT2D eigenvalue weighted by Gasteiger charge is -2.21. The summed E-state index contributed by atoms with van der Waals surface area (Å²) in [5.41, 5.74) is 1.55. The number of ether oxygens (including phenoxy) is 1. The van der Waals surface area contributed by atoms with Crippen molar-refractivity contribution in [1.82, 2.24) is 10.1 Å². The van der Waals surface area contributed by atoms with Crippen molar-refractivity contribution in [2.45, 2.75) is 20.3 Å². The second-order valence-corrected chi connectivity index (χ2v) is 4.08. The zero-order valence-electron chi connectivity index (χ0n) is 11.1. The molecule has 0 aliphatic heterocycles. The van der Waals surface area contributed by atoms with Crippen LogP contribution in [-0.4, -0.2) is 54.5 Å². The lowest BCUT2D eigenvalue weighted by Crippen LogP contribution is -2.37. The molecule has 0 aliphatic carbocycles. The first kappa shape index (κ1) is 14.7. The van der Waals surface area contributed by atoms with Crippen LogP contribution in [0.5, 0.6) is 0 Å². The zero-order valence-corrected chi connectivity index (χ0v) is 11.1. The molecule has 0 aliphatic rings. The summed E-state index contributed by atoms with van der Waals surface area (Å²) in [5, 5.41) is 12.8. The number of aliphatic hydroxyl groups is 1. The number of rotatable bonds is 7. The van der Waals surface area contributed by atoms with Crippen LogP contribution < -0.4 is 0 Å². The Kier molecular flexibility index (Phi) is 5.80. The van der Waals surface area contributed by atoms with Crippen molar-refractivity contribution in [2.75, 3.05) is 33.4 Å². The third-order valence-electron chi connectivity index (χ3n) is 2.80. The van der Waals surface area contributed by atoms with E-state index in [9.17, 15) is 4.79 Å². The number of methoxy groups -OCH3 is 1. The molecule has 0 radical (unpaired) electrons. The second-order valence-electron chi connectivity index (χ2n) is 4.08. The summed E-state index contributed by atoms with van der Waals surface area (Å²) in [4.78, 5) is 13.7. The van der Waals surface area contributed by atoms with Gasteiger partial charge in [0, 0.05) is 25.8 Å². The van der Waals surface area contributed by atoms with E-state index in [0.29, 0.717) is 25.5 Å². The molecule has 1 aromatic heterocycles. The van der Waals surface area contributed by atoms with Gasteiger partial charge in [-0.1, -0.05) is 5.16 Å². The van der Waals surface area contributed by atoms with Crippen LogP contribution in [0.1, 0.15) is 17.0 Å². The van der Waals surface area contributed by atoms with E-state index < -0.39 is 0 Å². The number of carbonyl (C=O) groups is 1. The number of nitrogens with zero attached hydrogens (tertiary/aromatic N) is 2. The van der Waals surface area contributed by atoms with Crippen LogP contribution >= 0.6 is 0 Å². The van der Waals surface area contributed by atoms with Crippen molar-refractivity contribution in [3.05, 3.63) is 17.0 Å². The quantitative estimate of drug-likeness (QED) is 0.759. The SMILES string of the molecule is COCCN(CCO)C(=O)Cc1c(C)noc1C. The molecule has 0 atom stereocenters. The molecular formula is C12H20N2O4. The predicted molar refractivity (Wildman–Crippen MR) is 65.2 cm³/mol. The highest BCUT2D eigenvalue weighted by Crippen LogP contribution is 2.13. The smallest absolute Gasteiger partial charge is 0.227 e. The van der Waals surface area contributed by atoms with Crippen LogP contribution in [0.25, 0.3) is 0 Å². The summed E-state index contributed by atoms with van der Waals surface area (Å²) in [6.07, 6.45) is 0.241. The standard InChI is InChI=1S/C12H20N2O4/c1-9-11(10(2)18-13-9)8-12(16)14(4-6-15)5-7-17-3/h15H,4-8H2,1-3H3. The molecular weight excluding hydrogens is 236 g/mol. The Labute approximate surface area is 107 Å². The number of amides is 1. The van der Waals surface area contributed by atoms with Crippen molar-refractivity contribution in [3.63, 3.8) is 0 Å². The Morgan fingerprint density at radius 1 is 1.44 bits per heavy atom. The molecule has 0 aromatic carbocycles. The molecule has 6 heteroatoms. The minimum atomic E-state index is -0.0597. The Balaban J connectivity index is 2.66. The maximum absolute atomic E-state index is 12.1. The second kappa shape index (κ2) is 7.13. The molecule has 1 N–H and O–H groups in total. The van der Waals surface area contributed by atoms with Crippen LogP contribution in [0.15, 0.2) is 4.52 Å². The molecule has 18 heavy (non-hydrogen) atoms. The van der Waals surface area contributed by atoms with Gasteiger partial charge < -0.3 is 19.3 Å². The van der Waals surface area contributed by atoms with Crippen molar-refractivity contribution >= 4 is 5.91 Å². The van der Waals surface area contributed by atoms with Crippen LogP contribution in [0.2, 0.25) is 0 Å². The fourth-order valence-electron chi connectivity index (χ4n) is 1.70. The zero-order chi connectivity index (χ0) is 13.5. The van der Waals surface area contributed by atoms with Crippen LogP contribution in [0, 0.1) is 13.8 Å². The van der Waals surface area contributed by atoms with Gasteiger partial charge in [-0.15, -0.1) is 0 Å². The lowest BCUT2D eigenvalue weighted by molar-refractivity contribution is -0.131. The minimum Gasteiger partial charge on any atom is -0.395 e. The van der Waals surface area contributed by atoms with Gasteiger partial charge in [-0.2, -0.15) is 0 Å². The van der Waals surface area contributed by atoms with Gasteiger partial charge in [0.25, 0.3) is 0 Å². The molecule has 1 heterocycles. The number of aryl methyl sites for hydroxylation is 2. The number of hydrogen-bond donors (Lipinski definition) is 1. The van der Waals surface area contributed by atoms with Crippen LogP contribution in [-0.2, 0) is 16.0 Å². The Morgan fingerprint density at radius 2 is 2.17 bits per heavy atom. The Hall–Kier alpha value is -1.40. The molecule has 102 valence electrons. The first-order valence-corrected chi connectivity index (χ1v) is 5.89. The minimum absolute atomic E-state index is 0.0585. The fraction of sp³-hybridized carbons (Fsp3) is 0.667. The molecule has 1 amide bonds. The summed E-state index contributed by atoms with van der Waals surface area (Å²) >= 11 is 0. The first-order chi connectivity index (χ1) is 8.60. The third-order valence-corrected chi connectivity index (χ3v) is 2.80. The van der Waals surface area contributed by atoms with Gasteiger partial charge in [0.1, 0.15) is 5.76 Å². The molecule has 6 nitrogen and oxygen atoms in total. The van der Waals surface area contributed by atoms with E-state index in [-0.39, 0.29) is 18.9 Å². The van der Waals surface area contributed by atoms with Gasteiger partial charge in [-0.25, -0.2) is 0 Å². The van der Waals surface area contributed by atoms with Crippen molar-refractivity contribution in [3.8, 4) is 0 Å². The van der Waals surface area contributed by atoms with Gasteiger partial charge in [-0.05, 0) is 13.8 Å². The fourth-order valence-corrected chi connectivity index (χ4v) is 1.70. The van der Waals surface area contributed by atoms with Crippen molar-refractivity contribution in [2.24, 2.45) is 0 Å². The molecule has 0 fully saturated rings. The summed E-state index contributed by atoms with van der Waals surface area (Å²) in [6, 6.07) is 0. The van der Waals surface area contributed by atoms with Crippen LogP contribution in [0.4, 0.5) is 0 Å². The van der Waals surface area contributed by atoms with Gasteiger partial charge in [0.05, 0.1) is 25.3 Å². The molecule has 1 rings (SSSR count). The number of aromatic nitrogens is 1. The monoisotopic (exact) mass is 256 g/mol. The highest BCUT2D eigenvalue weighted by atomic mass is 16.5. The number of aliphatic hydroxyl groups excluding tert-OH is 1. The van der Waals surface area contributed by atoms with E-state index in [1.54, 1.807) is 18.9 Å². The number of hydrogen-bond acceptors (Lipinski definition) is 5. The molecule has 0 saturated heterocycles. The number of carbonyl (C=O) groups excluding carboxylic acids is 1. The Morgan fingerprint density at radius 3 is 2.67 bits per heavy atom. The normalized spacial score (nSPS) is 10.7. The molecule has 0 bridgehead atoms. The first-order valence-electron chi connectivity index (χ1n) is 5.89. The maximum Gasteiger partial charge on any atom is 0.227 e. The van der Waals surface area contributed by atoms with E-state index in [4.69, 9.17) is 14.4 Å². The average Bonchev–Trinajstić information content (AvgIpc) is 2.66. The molecule has 0 saturated carbocycles. The van der Waals surface area contributed by atoms with Gasteiger partial charge in [0.2, 0.25) is 5.91 Å². The summed E-state index contributed by atoms with van der Waals surface area (Å²) in [5.74, 6) is 0.604. The average molecular weight is 256 g/mol. The molecule has 0 unspecified atom stereocenters. The van der Waals surface area contributed by atoms with E-state index in [2.05, 4.69) is 5.16 Å². The predicted octanol–water partition coefficient (Wildman–Crippen LogP) is 0.301. The highest BCUT2D eigenvalue weighted by Gasteiger charge is 2.18. The van der Waals surface area contributed by atoms with Gasteiger partial charge in [-0.3, -0.25) is 4.79 Å². The molecule has 1 aromatic rings. The van der Waals surface area contributed by atoms with E-state index in [1.807, 2.05) is 6.92 Å². The van der Waals surface area contributed by atoms with E-state index in [0.717, 1.165) is 11.3 Å². The Bertz CT molecular complexity index is 370. The van der Waals surface area contributed by atoms with Gasteiger partial charge >= 0.3 is 0 Å². The highest BCUT2D eigenvalue weighted by molar-refractivity contribution is 5.79. The third kappa shape index (κ3) is 3.82. The summed E-state index contributed by atoms with van der Waals surface area (Å²) in [6.45, 7) is 4.77. The van der Waals surface area contributed by atoms with E-state index in [1.165, 1.54) is 0 Å². The largest absolute Gasteiger partial charge is 0.395 e. The van der Waals surface area contributed by atoms with Crippen molar-refractivity contribution in [1.29, 1.82) is 0 Å². The van der Waals surface area contributed by atoms with Crippen molar-refractivity contribution < 1.29 is 19.2 Å². The maximum atomic E-state index is 12.1. The van der Waals surface area contributed by atoms with Crippen LogP contribution in [0.3, 0.4) is 0 Å². The lowest BCUT2D eigenvalue weighted by atomic mass is 10.1. The van der Waals surface area contributed by atoms with Gasteiger partial charge in [0.15, 0.2) is 0 Å². The summed E-state index contributed by atoms with van der Waals surface area (Å²) in [7, 11) is 1.58. The summed E-state index contributed by atoms with van der Waals surface area (Å²) < 4.78 is 9.97. The topological polar surface area (TPSA) is 75.8 Å².